The lowest BCUT2D eigenvalue weighted by atomic mass is 9.92. The standard InChI is InChI=1S/C17H18O5/c1-2-22-16-9-11(6-7-15(16)19)8-14(17(20)21)12-4-3-5-13(18)10-12/h3-7,9-10,14,18-19H,2,8H2,1H3,(H,20,21). The molecule has 0 aliphatic heterocycles. The van der Waals surface area contributed by atoms with Crippen molar-refractivity contribution in [3.63, 3.8) is 0 Å². The van der Waals surface area contributed by atoms with Crippen molar-refractivity contribution >= 4 is 5.97 Å². The molecule has 0 bridgehead atoms. The molecule has 0 amide bonds. The second-order valence-corrected chi connectivity index (χ2v) is 4.93. The van der Waals surface area contributed by atoms with E-state index in [2.05, 4.69) is 0 Å². The molecule has 0 radical (unpaired) electrons. The topological polar surface area (TPSA) is 87.0 Å². The number of aromatic hydroxyl groups is 2. The fourth-order valence-electron chi connectivity index (χ4n) is 2.28. The zero-order valence-electron chi connectivity index (χ0n) is 12.2. The van der Waals surface area contributed by atoms with Crippen LogP contribution in [0.5, 0.6) is 17.2 Å². The molecule has 3 N–H and O–H groups in total. The van der Waals surface area contributed by atoms with Gasteiger partial charge in [-0.05, 0) is 48.7 Å². The molecule has 0 saturated carbocycles. The van der Waals surface area contributed by atoms with Crippen LogP contribution in [-0.4, -0.2) is 27.9 Å². The zero-order valence-corrected chi connectivity index (χ0v) is 12.2. The molecule has 1 unspecified atom stereocenters. The van der Waals surface area contributed by atoms with Crippen LogP contribution in [0.25, 0.3) is 0 Å². The minimum atomic E-state index is -0.975. The molecule has 0 saturated heterocycles. The number of benzene rings is 2. The van der Waals surface area contributed by atoms with E-state index in [1.54, 1.807) is 31.2 Å². The van der Waals surface area contributed by atoms with Crippen molar-refractivity contribution in [3.8, 4) is 17.2 Å². The summed E-state index contributed by atoms with van der Waals surface area (Å²) in [5.74, 6) is -1.37. The molecular formula is C17H18O5. The first kappa shape index (κ1) is 15.7. The highest BCUT2D eigenvalue weighted by Gasteiger charge is 2.21. The van der Waals surface area contributed by atoms with Gasteiger partial charge in [-0.2, -0.15) is 0 Å². The molecule has 0 heterocycles. The van der Waals surface area contributed by atoms with Gasteiger partial charge >= 0.3 is 5.97 Å². The van der Waals surface area contributed by atoms with Crippen LogP contribution in [0.1, 0.15) is 24.0 Å². The number of phenols is 2. The van der Waals surface area contributed by atoms with E-state index in [-0.39, 0.29) is 17.9 Å². The Morgan fingerprint density at radius 2 is 1.95 bits per heavy atom. The maximum Gasteiger partial charge on any atom is 0.311 e. The Labute approximate surface area is 128 Å². The molecule has 22 heavy (non-hydrogen) atoms. The quantitative estimate of drug-likeness (QED) is 0.763. The van der Waals surface area contributed by atoms with E-state index in [1.807, 2.05) is 0 Å². The van der Waals surface area contributed by atoms with Crippen LogP contribution in [0, 0.1) is 0 Å². The van der Waals surface area contributed by atoms with Gasteiger partial charge in [-0.15, -0.1) is 0 Å². The summed E-state index contributed by atoms with van der Waals surface area (Å²) in [5.41, 5.74) is 1.26. The highest BCUT2D eigenvalue weighted by atomic mass is 16.5. The van der Waals surface area contributed by atoms with Gasteiger partial charge in [-0.25, -0.2) is 0 Å². The average Bonchev–Trinajstić information content (AvgIpc) is 2.47. The molecule has 2 aromatic rings. The largest absolute Gasteiger partial charge is 0.508 e. The van der Waals surface area contributed by atoms with E-state index in [1.165, 1.54) is 18.2 Å². The van der Waals surface area contributed by atoms with Crippen LogP contribution in [-0.2, 0) is 11.2 Å². The van der Waals surface area contributed by atoms with Crippen molar-refractivity contribution in [2.45, 2.75) is 19.3 Å². The Morgan fingerprint density at radius 3 is 2.59 bits per heavy atom. The number of ether oxygens (including phenoxy) is 1. The van der Waals surface area contributed by atoms with Gasteiger partial charge in [0.1, 0.15) is 5.75 Å². The fourth-order valence-corrected chi connectivity index (χ4v) is 2.28. The van der Waals surface area contributed by atoms with Gasteiger partial charge in [-0.3, -0.25) is 4.79 Å². The number of hydrogen-bond donors (Lipinski definition) is 3. The summed E-state index contributed by atoms with van der Waals surface area (Å²) < 4.78 is 5.31. The van der Waals surface area contributed by atoms with E-state index in [0.29, 0.717) is 17.9 Å². The van der Waals surface area contributed by atoms with Crippen molar-refractivity contribution in [2.24, 2.45) is 0 Å². The number of phenolic OH excluding ortho intramolecular Hbond substituents is 2. The lowest BCUT2D eigenvalue weighted by Gasteiger charge is -2.14. The van der Waals surface area contributed by atoms with Crippen molar-refractivity contribution in [3.05, 3.63) is 53.6 Å². The number of carbonyl (C=O) groups is 1. The second-order valence-electron chi connectivity index (χ2n) is 4.93. The van der Waals surface area contributed by atoms with Crippen LogP contribution >= 0.6 is 0 Å². The molecule has 5 nitrogen and oxygen atoms in total. The normalized spacial score (nSPS) is 11.9. The molecule has 0 aromatic heterocycles. The van der Waals surface area contributed by atoms with Gasteiger partial charge in [-0.1, -0.05) is 18.2 Å². The predicted octanol–water partition coefficient (Wildman–Crippen LogP) is 2.91. The van der Waals surface area contributed by atoms with Gasteiger partial charge < -0.3 is 20.1 Å². The van der Waals surface area contributed by atoms with Gasteiger partial charge in [0.2, 0.25) is 0 Å². The minimum Gasteiger partial charge on any atom is -0.508 e. The second kappa shape index (κ2) is 6.85. The minimum absolute atomic E-state index is 0.0230. The van der Waals surface area contributed by atoms with Crippen molar-refractivity contribution in [1.82, 2.24) is 0 Å². The van der Waals surface area contributed by atoms with Crippen LogP contribution in [0.15, 0.2) is 42.5 Å². The summed E-state index contributed by atoms with van der Waals surface area (Å²) >= 11 is 0. The molecule has 116 valence electrons. The van der Waals surface area contributed by atoms with Gasteiger partial charge in [0, 0.05) is 0 Å². The number of carboxylic acid groups (broad SMARTS) is 1. The van der Waals surface area contributed by atoms with E-state index in [9.17, 15) is 20.1 Å². The average molecular weight is 302 g/mol. The van der Waals surface area contributed by atoms with Gasteiger partial charge in [0.15, 0.2) is 11.5 Å². The SMILES string of the molecule is CCOc1cc(CC(C(=O)O)c2cccc(O)c2)ccc1O. The van der Waals surface area contributed by atoms with Crippen LogP contribution in [0.4, 0.5) is 0 Å². The van der Waals surface area contributed by atoms with E-state index in [0.717, 1.165) is 5.56 Å². The smallest absolute Gasteiger partial charge is 0.311 e. The molecule has 1 atom stereocenters. The van der Waals surface area contributed by atoms with Crippen molar-refractivity contribution in [1.29, 1.82) is 0 Å². The lowest BCUT2D eigenvalue weighted by molar-refractivity contribution is -0.138. The molecule has 2 rings (SSSR count). The Morgan fingerprint density at radius 1 is 1.18 bits per heavy atom. The van der Waals surface area contributed by atoms with Crippen molar-refractivity contribution < 1.29 is 24.9 Å². The van der Waals surface area contributed by atoms with Crippen molar-refractivity contribution in [2.75, 3.05) is 6.61 Å². The summed E-state index contributed by atoms with van der Waals surface area (Å²) in [5, 5.41) is 28.6. The van der Waals surface area contributed by atoms with Gasteiger partial charge in [0.05, 0.1) is 12.5 Å². The van der Waals surface area contributed by atoms with E-state index < -0.39 is 11.9 Å². The summed E-state index contributed by atoms with van der Waals surface area (Å²) in [6.45, 7) is 2.21. The molecule has 0 spiro atoms. The Bertz CT molecular complexity index is 666. The fraction of sp³-hybridized carbons (Fsp3) is 0.235. The molecule has 5 heteroatoms. The maximum absolute atomic E-state index is 11.5. The van der Waals surface area contributed by atoms with E-state index in [4.69, 9.17) is 4.74 Å². The Kier molecular flexibility index (Phi) is 4.88. The third kappa shape index (κ3) is 3.69. The number of rotatable bonds is 6. The number of aliphatic carboxylic acids is 1. The highest BCUT2D eigenvalue weighted by Crippen LogP contribution is 2.30. The monoisotopic (exact) mass is 302 g/mol. The molecule has 0 aliphatic carbocycles. The molecule has 2 aromatic carbocycles. The van der Waals surface area contributed by atoms with Crippen LogP contribution in [0.3, 0.4) is 0 Å². The Hall–Kier alpha value is -2.69. The van der Waals surface area contributed by atoms with Crippen LogP contribution in [0.2, 0.25) is 0 Å². The first-order chi connectivity index (χ1) is 10.5. The third-order valence-corrected chi connectivity index (χ3v) is 3.33. The summed E-state index contributed by atoms with van der Waals surface area (Å²) in [4.78, 5) is 11.5. The first-order valence-corrected chi connectivity index (χ1v) is 6.97. The predicted molar refractivity (Wildman–Crippen MR) is 81.5 cm³/mol. The Balaban J connectivity index is 2.29. The van der Waals surface area contributed by atoms with Crippen LogP contribution < -0.4 is 4.74 Å². The summed E-state index contributed by atoms with van der Waals surface area (Å²) in [7, 11) is 0. The first-order valence-electron chi connectivity index (χ1n) is 6.97. The van der Waals surface area contributed by atoms with E-state index >= 15 is 0 Å². The molecular weight excluding hydrogens is 284 g/mol. The number of carboxylic acids is 1. The summed E-state index contributed by atoms with van der Waals surface area (Å²) in [6, 6.07) is 11.0. The highest BCUT2D eigenvalue weighted by molar-refractivity contribution is 5.76. The summed E-state index contributed by atoms with van der Waals surface area (Å²) in [6.07, 6.45) is 0.235. The maximum atomic E-state index is 11.5. The molecule has 0 aliphatic rings. The molecule has 0 fully saturated rings. The zero-order chi connectivity index (χ0) is 16.1. The number of hydrogen-bond acceptors (Lipinski definition) is 4. The van der Waals surface area contributed by atoms with Gasteiger partial charge in [0.25, 0.3) is 0 Å². The lowest BCUT2D eigenvalue weighted by Crippen LogP contribution is -2.14. The third-order valence-electron chi connectivity index (χ3n) is 3.33.